The maximum Gasteiger partial charge on any atom is 0.146 e. The third-order valence-corrected chi connectivity index (χ3v) is 2.08. The van der Waals surface area contributed by atoms with Gasteiger partial charge >= 0.3 is 0 Å². The van der Waals surface area contributed by atoms with Crippen molar-refractivity contribution in [2.75, 3.05) is 6.54 Å². The van der Waals surface area contributed by atoms with Crippen molar-refractivity contribution in [3.63, 3.8) is 0 Å². The van der Waals surface area contributed by atoms with Gasteiger partial charge in [-0.3, -0.25) is 4.98 Å². The first kappa shape index (κ1) is 11.7. The Morgan fingerprint density at radius 3 is 3.07 bits per heavy atom. The smallest absolute Gasteiger partial charge is 0.146 e. The van der Waals surface area contributed by atoms with Crippen molar-refractivity contribution in [3.8, 4) is 12.3 Å². The van der Waals surface area contributed by atoms with Crippen molar-refractivity contribution >= 4 is 0 Å². The van der Waals surface area contributed by atoms with Gasteiger partial charge < -0.3 is 5.32 Å². The lowest BCUT2D eigenvalue weighted by Crippen LogP contribution is -2.23. The van der Waals surface area contributed by atoms with Crippen molar-refractivity contribution in [3.05, 3.63) is 29.8 Å². The van der Waals surface area contributed by atoms with Gasteiger partial charge in [-0.1, -0.05) is 6.92 Å². The van der Waals surface area contributed by atoms with Gasteiger partial charge in [-0.2, -0.15) is 0 Å². The number of pyridine rings is 1. The van der Waals surface area contributed by atoms with E-state index < -0.39 is 0 Å². The summed E-state index contributed by atoms with van der Waals surface area (Å²) >= 11 is 0. The molecule has 15 heavy (non-hydrogen) atoms. The minimum atomic E-state index is -0.304. The molecule has 1 aromatic heterocycles. The highest BCUT2D eigenvalue weighted by Crippen LogP contribution is 2.16. The lowest BCUT2D eigenvalue weighted by atomic mass is 10.1. The molecule has 0 radical (unpaired) electrons. The van der Waals surface area contributed by atoms with Gasteiger partial charge in [0.15, 0.2) is 0 Å². The van der Waals surface area contributed by atoms with E-state index in [1.807, 2.05) is 0 Å². The monoisotopic (exact) mass is 206 g/mol. The molecule has 0 aliphatic rings. The normalized spacial score (nSPS) is 12.1. The molecule has 0 bridgehead atoms. The van der Waals surface area contributed by atoms with Crippen LogP contribution in [0.3, 0.4) is 0 Å². The largest absolute Gasteiger partial charge is 0.308 e. The van der Waals surface area contributed by atoms with Gasteiger partial charge in [0.2, 0.25) is 0 Å². The molecule has 0 aromatic carbocycles. The second-order valence-corrected chi connectivity index (χ2v) is 3.29. The second-order valence-electron chi connectivity index (χ2n) is 3.29. The first-order valence-electron chi connectivity index (χ1n) is 5.06. The van der Waals surface area contributed by atoms with Gasteiger partial charge in [-0.05, 0) is 25.1 Å². The minimum Gasteiger partial charge on any atom is -0.308 e. The van der Waals surface area contributed by atoms with E-state index in [9.17, 15) is 4.39 Å². The van der Waals surface area contributed by atoms with Crippen LogP contribution in [-0.4, -0.2) is 11.5 Å². The molecule has 3 heteroatoms. The van der Waals surface area contributed by atoms with Crippen molar-refractivity contribution < 1.29 is 4.39 Å². The molecule has 1 atom stereocenters. The lowest BCUT2D eigenvalue weighted by Gasteiger charge is -2.15. The van der Waals surface area contributed by atoms with E-state index in [-0.39, 0.29) is 11.9 Å². The summed E-state index contributed by atoms with van der Waals surface area (Å²) < 4.78 is 13.4. The standard InChI is InChI=1S/C12H15FN2/c1-3-6-11(14-8-4-2)12-10(13)7-5-9-15-12/h1,5,7,9,11,14H,4,6,8H2,2H3. The molecule has 1 N–H and O–H groups in total. The zero-order chi connectivity index (χ0) is 11.1. The van der Waals surface area contributed by atoms with E-state index in [0.29, 0.717) is 12.1 Å². The Kier molecular flexibility index (Phi) is 4.79. The van der Waals surface area contributed by atoms with E-state index in [2.05, 4.69) is 23.1 Å². The van der Waals surface area contributed by atoms with Crippen LogP contribution in [-0.2, 0) is 0 Å². The number of rotatable bonds is 5. The van der Waals surface area contributed by atoms with Crippen LogP contribution in [0.15, 0.2) is 18.3 Å². The molecule has 0 spiro atoms. The SMILES string of the molecule is C#CCC(NCCC)c1ncccc1F. The maximum atomic E-state index is 13.4. The van der Waals surface area contributed by atoms with Crippen LogP contribution in [0.1, 0.15) is 31.5 Å². The Morgan fingerprint density at radius 1 is 1.67 bits per heavy atom. The summed E-state index contributed by atoms with van der Waals surface area (Å²) in [5.74, 6) is 2.23. The van der Waals surface area contributed by atoms with Crippen LogP contribution < -0.4 is 5.32 Å². The van der Waals surface area contributed by atoms with Crippen molar-refractivity contribution in [2.45, 2.75) is 25.8 Å². The summed E-state index contributed by atoms with van der Waals surface area (Å²) in [6.45, 7) is 2.86. The summed E-state index contributed by atoms with van der Waals surface area (Å²) in [5.41, 5.74) is 0.406. The van der Waals surface area contributed by atoms with Gasteiger partial charge in [0, 0.05) is 12.6 Å². The second kappa shape index (κ2) is 6.15. The fraction of sp³-hybridized carbons (Fsp3) is 0.417. The molecule has 0 saturated heterocycles. The molecule has 2 nitrogen and oxygen atoms in total. The maximum absolute atomic E-state index is 13.4. The Morgan fingerprint density at radius 2 is 2.47 bits per heavy atom. The summed E-state index contributed by atoms with van der Waals surface area (Å²) in [5, 5.41) is 3.18. The molecule has 80 valence electrons. The van der Waals surface area contributed by atoms with Gasteiger partial charge in [0.25, 0.3) is 0 Å². The zero-order valence-corrected chi connectivity index (χ0v) is 8.83. The van der Waals surface area contributed by atoms with E-state index in [1.165, 1.54) is 6.07 Å². The zero-order valence-electron chi connectivity index (χ0n) is 8.83. The highest BCUT2D eigenvalue weighted by atomic mass is 19.1. The van der Waals surface area contributed by atoms with Gasteiger partial charge in [-0.25, -0.2) is 4.39 Å². The Bertz CT molecular complexity index is 344. The van der Waals surface area contributed by atoms with E-state index in [1.54, 1.807) is 12.3 Å². The fourth-order valence-corrected chi connectivity index (χ4v) is 1.36. The third kappa shape index (κ3) is 3.34. The highest BCUT2D eigenvalue weighted by molar-refractivity contribution is 5.13. The topological polar surface area (TPSA) is 24.9 Å². The molecule has 0 fully saturated rings. The molecule has 0 saturated carbocycles. The Hall–Kier alpha value is -1.40. The lowest BCUT2D eigenvalue weighted by molar-refractivity contribution is 0.492. The summed E-state index contributed by atoms with van der Waals surface area (Å²) in [4.78, 5) is 4.02. The number of nitrogens with zero attached hydrogens (tertiary/aromatic N) is 1. The molecule has 1 rings (SSSR count). The molecular weight excluding hydrogens is 191 g/mol. The van der Waals surface area contributed by atoms with Crippen LogP contribution in [0.2, 0.25) is 0 Å². The number of hydrogen-bond donors (Lipinski definition) is 1. The molecular formula is C12H15FN2. The van der Waals surface area contributed by atoms with Gasteiger partial charge in [-0.15, -0.1) is 12.3 Å². The average Bonchev–Trinajstić information content (AvgIpc) is 2.25. The Labute approximate surface area is 89.9 Å². The van der Waals surface area contributed by atoms with Crippen LogP contribution in [0.4, 0.5) is 4.39 Å². The van der Waals surface area contributed by atoms with Gasteiger partial charge in [0.1, 0.15) is 5.82 Å². The van der Waals surface area contributed by atoms with E-state index in [0.717, 1.165) is 13.0 Å². The molecule has 1 aromatic rings. The Balaban J connectivity index is 2.79. The van der Waals surface area contributed by atoms with Crippen LogP contribution >= 0.6 is 0 Å². The number of hydrogen-bond acceptors (Lipinski definition) is 2. The molecule has 1 unspecified atom stereocenters. The molecule has 1 heterocycles. The predicted molar refractivity (Wildman–Crippen MR) is 58.7 cm³/mol. The number of terminal acetylenes is 1. The number of nitrogens with one attached hydrogen (secondary N) is 1. The first-order chi connectivity index (χ1) is 7.29. The molecule has 0 aliphatic heterocycles. The number of aromatic nitrogens is 1. The summed E-state index contributed by atoms with van der Waals surface area (Å²) in [6.07, 6.45) is 8.26. The van der Waals surface area contributed by atoms with Gasteiger partial charge in [0.05, 0.1) is 11.7 Å². The molecule has 0 amide bonds. The fourth-order valence-electron chi connectivity index (χ4n) is 1.36. The quantitative estimate of drug-likeness (QED) is 0.748. The predicted octanol–water partition coefficient (Wildman–Crippen LogP) is 2.28. The van der Waals surface area contributed by atoms with Crippen molar-refractivity contribution in [1.29, 1.82) is 0 Å². The van der Waals surface area contributed by atoms with E-state index in [4.69, 9.17) is 6.42 Å². The van der Waals surface area contributed by atoms with Crippen LogP contribution in [0.25, 0.3) is 0 Å². The average molecular weight is 206 g/mol. The van der Waals surface area contributed by atoms with Crippen LogP contribution in [0, 0.1) is 18.2 Å². The van der Waals surface area contributed by atoms with Crippen molar-refractivity contribution in [1.82, 2.24) is 10.3 Å². The van der Waals surface area contributed by atoms with Crippen LogP contribution in [0.5, 0.6) is 0 Å². The minimum absolute atomic E-state index is 0.184. The summed E-state index contributed by atoms with van der Waals surface area (Å²) in [7, 11) is 0. The molecule has 0 aliphatic carbocycles. The number of halogens is 1. The summed E-state index contributed by atoms with van der Waals surface area (Å²) in [6, 6.07) is 2.79. The first-order valence-corrected chi connectivity index (χ1v) is 5.06. The van der Waals surface area contributed by atoms with E-state index >= 15 is 0 Å². The van der Waals surface area contributed by atoms with Crippen molar-refractivity contribution in [2.24, 2.45) is 0 Å². The highest BCUT2D eigenvalue weighted by Gasteiger charge is 2.14. The third-order valence-electron chi connectivity index (χ3n) is 2.08.